The van der Waals surface area contributed by atoms with Crippen molar-refractivity contribution in [1.29, 1.82) is 5.26 Å². The van der Waals surface area contributed by atoms with Gasteiger partial charge in [-0.3, -0.25) is 9.36 Å². The van der Waals surface area contributed by atoms with Crippen molar-refractivity contribution < 1.29 is 0 Å². The zero-order chi connectivity index (χ0) is 11.3. The van der Waals surface area contributed by atoms with Gasteiger partial charge in [0.15, 0.2) is 0 Å². The van der Waals surface area contributed by atoms with Gasteiger partial charge in [-0.05, 0) is 35.7 Å². The molecule has 80 valence electrons. The van der Waals surface area contributed by atoms with Gasteiger partial charge in [0, 0.05) is 19.2 Å². The summed E-state index contributed by atoms with van der Waals surface area (Å²) in [7, 11) is 0. The minimum Gasteiger partial charge on any atom is -0.296 e. The van der Waals surface area contributed by atoms with Crippen molar-refractivity contribution in [3.63, 3.8) is 0 Å². The Hall–Kier alpha value is -1.15. The highest BCUT2D eigenvalue weighted by Crippen LogP contribution is 2.03. The molecule has 1 rings (SSSR count). The summed E-state index contributed by atoms with van der Waals surface area (Å²) in [5.41, 5.74) is -0.0561. The number of hydrogen-bond donors (Lipinski definition) is 0. The topological polar surface area (TPSA) is 58.7 Å². The number of nitriles is 1. The van der Waals surface area contributed by atoms with E-state index in [0.717, 1.165) is 12.8 Å². The Morgan fingerprint density at radius 2 is 2.33 bits per heavy atom. The predicted octanol–water partition coefficient (Wildman–Crippen LogP) is 2.01. The highest BCUT2D eigenvalue weighted by Gasteiger charge is 2.04. The lowest BCUT2D eigenvalue weighted by Gasteiger charge is -2.08. The fraction of sp³-hybridized carbons (Fsp3) is 0.500. The molecule has 0 aromatic carbocycles. The third-order valence-electron chi connectivity index (χ3n) is 2.13. The van der Waals surface area contributed by atoms with Crippen LogP contribution in [-0.4, -0.2) is 9.55 Å². The van der Waals surface area contributed by atoms with Gasteiger partial charge in [0.05, 0.1) is 6.07 Å². The maximum absolute atomic E-state index is 11.7. The molecule has 0 saturated carbocycles. The van der Waals surface area contributed by atoms with E-state index in [1.54, 1.807) is 11.5 Å². The second-order valence-corrected chi connectivity index (χ2v) is 4.08. The van der Waals surface area contributed by atoms with Crippen LogP contribution in [0.1, 0.15) is 25.1 Å². The van der Waals surface area contributed by atoms with Gasteiger partial charge in [-0.15, -0.1) is 0 Å². The summed E-state index contributed by atoms with van der Waals surface area (Å²) in [6.07, 6.45) is 3.69. The van der Waals surface area contributed by atoms with Crippen LogP contribution in [0, 0.1) is 18.3 Å². The maximum Gasteiger partial charge on any atom is 0.267 e. The van der Waals surface area contributed by atoms with Crippen LogP contribution in [0.4, 0.5) is 0 Å². The van der Waals surface area contributed by atoms with Crippen LogP contribution in [0.25, 0.3) is 0 Å². The third kappa shape index (κ3) is 3.17. The monoisotopic (exact) mass is 269 g/mol. The minimum absolute atomic E-state index is 0.0561. The first-order valence-corrected chi connectivity index (χ1v) is 5.55. The standard InChI is InChI=1S/C10H12BrN3O/c1-8-13-7-9(11)10(15)14(8)6-4-2-3-5-12/h7H,2-4,6H2,1H3. The van der Waals surface area contributed by atoms with Crippen molar-refractivity contribution in [3.05, 3.63) is 26.8 Å². The molecule has 1 heterocycles. The van der Waals surface area contributed by atoms with Gasteiger partial charge in [0.25, 0.3) is 5.56 Å². The van der Waals surface area contributed by atoms with E-state index in [-0.39, 0.29) is 5.56 Å². The van der Waals surface area contributed by atoms with Gasteiger partial charge in [0.1, 0.15) is 10.3 Å². The van der Waals surface area contributed by atoms with E-state index in [1.165, 1.54) is 6.20 Å². The number of aryl methyl sites for hydroxylation is 1. The van der Waals surface area contributed by atoms with Crippen LogP contribution in [0.5, 0.6) is 0 Å². The highest BCUT2D eigenvalue weighted by atomic mass is 79.9. The number of halogens is 1. The van der Waals surface area contributed by atoms with Crippen molar-refractivity contribution >= 4 is 15.9 Å². The molecule has 0 aliphatic rings. The van der Waals surface area contributed by atoms with Crippen LogP contribution in [0.2, 0.25) is 0 Å². The van der Waals surface area contributed by atoms with E-state index in [0.29, 0.717) is 23.3 Å². The van der Waals surface area contributed by atoms with Gasteiger partial charge in [0.2, 0.25) is 0 Å². The molecule has 0 atom stereocenters. The molecule has 0 aliphatic carbocycles. The Morgan fingerprint density at radius 1 is 1.60 bits per heavy atom. The summed E-state index contributed by atoms with van der Waals surface area (Å²) in [6.45, 7) is 2.43. The van der Waals surface area contributed by atoms with E-state index < -0.39 is 0 Å². The minimum atomic E-state index is -0.0561. The number of unbranched alkanes of at least 4 members (excludes halogenated alkanes) is 2. The van der Waals surface area contributed by atoms with E-state index in [4.69, 9.17) is 5.26 Å². The maximum atomic E-state index is 11.7. The molecule has 0 bridgehead atoms. The molecule has 1 aromatic heterocycles. The Labute approximate surface area is 96.7 Å². The second kappa shape index (κ2) is 5.66. The Balaban J connectivity index is 2.73. The van der Waals surface area contributed by atoms with E-state index >= 15 is 0 Å². The number of rotatable bonds is 4. The Bertz CT molecular complexity index is 433. The predicted molar refractivity (Wildman–Crippen MR) is 60.4 cm³/mol. The number of nitrogens with zero attached hydrogens (tertiary/aromatic N) is 3. The molecule has 0 radical (unpaired) electrons. The van der Waals surface area contributed by atoms with E-state index in [1.807, 2.05) is 0 Å². The zero-order valence-corrected chi connectivity index (χ0v) is 10.1. The quantitative estimate of drug-likeness (QED) is 0.786. The molecule has 1 aromatic rings. The van der Waals surface area contributed by atoms with Gasteiger partial charge in [-0.25, -0.2) is 4.98 Å². The van der Waals surface area contributed by atoms with Crippen molar-refractivity contribution in [2.75, 3.05) is 0 Å². The summed E-state index contributed by atoms with van der Waals surface area (Å²) in [5.74, 6) is 0.708. The van der Waals surface area contributed by atoms with Crippen LogP contribution in [-0.2, 0) is 6.54 Å². The number of hydrogen-bond acceptors (Lipinski definition) is 3. The first-order valence-electron chi connectivity index (χ1n) is 4.75. The normalized spacial score (nSPS) is 9.93. The van der Waals surface area contributed by atoms with E-state index in [2.05, 4.69) is 27.0 Å². The van der Waals surface area contributed by atoms with Gasteiger partial charge in [-0.1, -0.05) is 0 Å². The van der Waals surface area contributed by atoms with E-state index in [9.17, 15) is 4.79 Å². The van der Waals surface area contributed by atoms with Crippen LogP contribution < -0.4 is 5.56 Å². The van der Waals surface area contributed by atoms with Crippen molar-refractivity contribution in [3.8, 4) is 6.07 Å². The second-order valence-electron chi connectivity index (χ2n) is 3.23. The van der Waals surface area contributed by atoms with Crippen molar-refractivity contribution in [2.24, 2.45) is 0 Å². The first kappa shape index (κ1) is 11.9. The molecule has 15 heavy (non-hydrogen) atoms. The summed E-state index contributed by atoms with van der Waals surface area (Å²) in [6, 6.07) is 2.08. The molecule has 0 fully saturated rings. The molecule has 0 saturated heterocycles. The van der Waals surface area contributed by atoms with Gasteiger partial charge < -0.3 is 0 Å². The average Bonchev–Trinajstić information content (AvgIpc) is 2.23. The van der Waals surface area contributed by atoms with Crippen LogP contribution in [0.15, 0.2) is 15.5 Å². The SMILES string of the molecule is Cc1ncc(Br)c(=O)n1CCCCC#N. The molecule has 5 heteroatoms. The van der Waals surface area contributed by atoms with Gasteiger partial charge >= 0.3 is 0 Å². The number of aromatic nitrogens is 2. The molecule has 0 amide bonds. The molecule has 0 N–H and O–H groups in total. The lowest BCUT2D eigenvalue weighted by atomic mass is 10.2. The average molecular weight is 270 g/mol. The molecular formula is C10H12BrN3O. The molecule has 0 unspecified atom stereocenters. The molecule has 0 spiro atoms. The lowest BCUT2D eigenvalue weighted by Crippen LogP contribution is -2.24. The third-order valence-corrected chi connectivity index (χ3v) is 2.67. The molecule has 0 aliphatic heterocycles. The van der Waals surface area contributed by atoms with Crippen molar-refractivity contribution in [2.45, 2.75) is 32.7 Å². The summed E-state index contributed by atoms with van der Waals surface area (Å²) in [4.78, 5) is 15.8. The van der Waals surface area contributed by atoms with Crippen LogP contribution in [0.3, 0.4) is 0 Å². The molecule has 4 nitrogen and oxygen atoms in total. The fourth-order valence-electron chi connectivity index (χ4n) is 1.29. The summed E-state index contributed by atoms with van der Waals surface area (Å²) in [5, 5.41) is 8.38. The Morgan fingerprint density at radius 3 is 3.00 bits per heavy atom. The fourth-order valence-corrected chi connectivity index (χ4v) is 1.60. The van der Waals surface area contributed by atoms with Crippen molar-refractivity contribution in [1.82, 2.24) is 9.55 Å². The summed E-state index contributed by atoms with van der Waals surface area (Å²) < 4.78 is 2.11. The van der Waals surface area contributed by atoms with Crippen LogP contribution >= 0.6 is 15.9 Å². The lowest BCUT2D eigenvalue weighted by molar-refractivity contribution is 0.572. The van der Waals surface area contributed by atoms with Gasteiger partial charge in [-0.2, -0.15) is 5.26 Å². The largest absolute Gasteiger partial charge is 0.296 e. The summed E-state index contributed by atoms with van der Waals surface area (Å²) >= 11 is 3.15. The molecular weight excluding hydrogens is 258 g/mol. The first-order chi connectivity index (χ1) is 7.16. The smallest absolute Gasteiger partial charge is 0.267 e. The zero-order valence-electron chi connectivity index (χ0n) is 8.53. The Kier molecular flexibility index (Phi) is 4.50. The highest BCUT2D eigenvalue weighted by molar-refractivity contribution is 9.10.